The van der Waals surface area contributed by atoms with Crippen LogP contribution in [-0.4, -0.2) is 44.2 Å². The minimum Gasteiger partial charge on any atom is -0.376 e. The van der Waals surface area contributed by atoms with Crippen LogP contribution in [-0.2, 0) is 14.3 Å². The number of ether oxygens (including phenoxy) is 1. The van der Waals surface area contributed by atoms with Gasteiger partial charge in [0.1, 0.15) is 0 Å². The molecule has 1 aromatic carbocycles. The predicted octanol–water partition coefficient (Wildman–Crippen LogP) is 2.55. The van der Waals surface area contributed by atoms with E-state index in [4.69, 9.17) is 4.74 Å². The average Bonchev–Trinajstić information content (AvgIpc) is 3.35. The summed E-state index contributed by atoms with van der Waals surface area (Å²) in [6.45, 7) is 3.56. The van der Waals surface area contributed by atoms with Crippen LogP contribution in [0.4, 0.5) is 11.4 Å². The summed E-state index contributed by atoms with van der Waals surface area (Å²) >= 11 is 0. The van der Waals surface area contributed by atoms with Crippen molar-refractivity contribution in [3.05, 3.63) is 24.3 Å². The highest BCUT2D eigenvalue weighted by molar-refractivity contribution is 5.99. The van der Waals surface area contributed by atoms with Gasteiger partial charge in [0.05, 0.1) is 17.9 Å². The van der Waals surface area contributed by atoms with Gasteiger partial charge in [0.15, 0.2) is 0 Å². The summed E-state index contributed by atoms with van der Waals surface area (Å²) in [6, 6.07) is 8.05. The molecule has 3 aliphatic rings. The van der Waals surface area contributed by atoms with Crippen molar-refractivity contribution < 1.29 is 14.3 Å². The van der Waals surface area contributed by atoms with Gasteiger partial charge in [0.2, 0.25) is 11.8 Å². The number of hydrogen-bond acceptors (Lipinski definition) is 4. The molecular weight excluding hydrogens is 342 g/mol. The molecule has 2 amide bonds. The fourth-order valence-electron chi connectivity index (χ4n) is 4.07. The quantitative estimate of drug-likeness (QED) is 0.806. The highest BCUT2D eigenvalue weighted by Gasteiger charge is 2.48. The zero-order chi connectivity index (χ0) is 18.6. The number of carbonyl (C=O) groups is 2. The van der Waals surface area contributed by atoms with Crippen LogP contribution >= 0.6 is 0 Å². The number of benzene rings is 1. The molecule has 27 heavy (non-hydrogen) atoms. The number of hydrogen-bond donors (Lipinski definition) is 2. The molecule has 0 radical (unpaired) electrons. The maximum Gasteiger partial charge on any atom is 0.228 e. The molecule has 2 saturated heterocycles. The van der Waals surface area contributed by atoms with Crippen LogP contribution in [0.25, 0.3) is 0 Å². The summed E-state index contributed by atoms with van der Waals surface area (Å²) < 4.78 is 5.51. The van der Waals surface area contributed by atoms with Gasteiger partial charge in [-0.05, 0) is 62.8 Å². The Morgan fingerprint density at radius 1 is 1.00 bits per heavy atom. The highest BCUT2D eigenvalue weighted by Crippen LogP contribution is 2.39. The van der Waals surface area contributed by atoms with Gasteiger partial charge in [-0.1, -0.05) is 0 Å². The molecule has 6 nitrogen and oxygen atoms in total. The Morgan fingerprint density at radius 2 is 1.74 bits per heavy atom. The van der Waals surface area contributed by atoms with Crippen molar-refractivity contribution in [1.82, 2.24) is 5.32 Å². The molecule has 3 fully saturated rings. The number of rotatable bonds is 6. The number of anilines is 2. The molecule has 3 unspecified atom stereocenters. The van der Waals surface area contributed by atoms with Gasteiger partial charge in [-0.2, -0.15) is 0 Å². The Balaban J connectivity index is 1.22. The Kier molecular flexibility index (Phi) is 5.62. The third-order valence-corrected chi connectivity index (χ3v) is 5.85. The van der Waals surface area contributed by atoms with Crippen molar-refractivity contribution in [3.8, 4) is 0 Å². The Morgan fingerprint density at radius 3 is 2.44 bits per heavy atom. The lowest BCUT2D eigenvalue weighted by molar-refractivity contribution is -0.125. The average molecular weight is 371 g/mol. The van der Waals surface area contributed by atoms with E-state index in [1.807, 2.05) is 12.1 Å². The third kappa shape index (κ3) is 4.61. The van der Waals surface area contributed by atoms with Crippen LogP contribution in [0, 0.1) is 11.8 Å². The standard InChI is InChI=1S/C21H29N3O3/c25-20(22-14-17-5-4-12-27-17)18-13-19(18)21(26)23-15-6-8-16(9-7-15)24-10-2-1-3-11-24/h6-9,17-19H,1-5,10-14H2,(H,22,25)(H,23,26). The van der Waals surface area contributed by atoms with Crippen molar-refractivity contribution in [3.63, 3.8) is 0 Å². The first-order chi connectivity index (χ1) is 13.2. The van der Waals surface area contributed by atoms with E-state index in [2.05, 4.69) is 27.7 Å². The van der Waals surface area contributed by atoms with Crippen LogP contribution < -0.4 is 15.5 Å². The lowest BCUT2D eigenvalue weighted by atomic mass is 10.1. The van der Waals surface area contributed by atoms with Gasteiger partial charge in [-0.3, -0.25) is 9.59 Å². The largest absolute Gasteiger partial charge is 0.376 e. The first-order valence-electron chi connectivity index (χ1n) is 10.3. The molecule has 2 N–H and O–H groups in total. The van der Waals surface area contributed by atoms with E-state index in [1.54, 1.807) is 0 Å². The first kappa shape index (κ1) is 18.3. The molecular formula is C21H29N3O3. The predicted molar refractivity (Wildman–Crippen MR) is 105 cm³/mol. The lowest BCUT2D eigenvalue weighted by Gasteiger charge is -2.28. The highest BCUT2D eigenvalue weighted by atomic mass is 16.5. The summed E-state index contributed by atoms with van der Waals surface area (Å²) in [5.74, 6) is -0.487. The molecule has 146 valence electrons. The minimum atomic E-state index is -0.212. The van der Waals surface area contributed by atoms with E-state index >= 15 is 0 Å². The normalized spacial score (nSPS) is 27.3. The van der Waals surface area contributed by atoms with E-state index in [9.17, 15) is 9.59 Å². The number of carbonyl (C=O) groups excluding carboxylic acids is 2. The third-order valence-electron chi connectivity index (χ3n) is 5.85. The smallest absolute Gasteiger partial charge is 0.228 e. The van der Waals surface area contributed by atoms with Crippen LogP contribution in [0.15, 0.2) is 24.3 Å². The van der Waals surface area contributed by atoms with Gasteiger partial charge in [-0.25, -0.2) is 0 Å². The summed E-state index contributed by atoms with van der Waals surface area (Å²) in [7, 11) is 0. The molecule has 3 atom stereocenters. The summed E-state index contributed by atoms with van der Waals surface area (Å²) in [4.78, 5) is 27.0. The molecule has 1 aromatic rings. The van der Waals surface area contributed by atoms with E-state index in [-0.39, 0.29) is 29.8 Å². The van der Waals surface area contributed by atoms with Crippen molar-refractivity contribution in [2.24, 2.45) is 11.8 Å². The fourth-order valence-corrected chi connectivity index (χ4v) is 4.07. The summed E-state index contributed by atoms with van der Waals surface area (Å²) in [5, 5.41) is 5.88. The van der Waals surface area contributed by atoms with Crippen molar-refractivity contribution in [2.75, 3.05) is 36.5 Å². The fraction of sp³-hybridized carbons (Fsp3) is 0.619. The topological polar surface area (TPSA) is 70.7 Å². The molecule has 4 rings (SSSR count). The van der Waals surface area contributed by atoms with E-state index in [1.165, 1.54) is 24.9 Å². The first-order valence-corrected chi connectivity index (χ1v) is 10.3. The second kappa shape index (κ2) is 8.30. The SMILES string of the molecule is O=C(NCC1CCCO1)C1CC1C(=O)Nc1ccc(N2CCCCC2)cc1. The van der Waals surface area contributed by atoms with Gasteiger partial charge >= 0.3 is 0 Å². The molecule has 0 bridgehead atoms. The molecule has 0 aromatic heterocycles. The molecule has 0 spiro atoms. The molecule has 1 aliphatic carbocycles. The number of amides is 2. The van der Waals surface area contributed by atoms with Gasteiger partial charge < -0.3 is 20.3 Å². The number of nitrogens with zero attached hydrogens (tertiary/aromatic N) is 1. The molecule has 6 heteroatoms. The zero-order valence-electron chi connectivity index (χ0n) is 15.8. The maximum atomic E-state index is 12.4. The lowest BCUT2D eigenvalue weighted by Crippen LogP contribution is -2.33. The second-order valence-electron chi connectivity index (χ2n) is 7.91. The van der Waals surface area contributed by atoms with Crippen molar-refractivity contribution in [1.29, 1.82) is 0 Å². The van der Waals surface area contributed by atoms with Crippen molar-refractivity contribution in [2.45, 2.75) is 44.6 Å². The van der Waals surface area contributed by atoms with Crippen molar-refractivity contribution >= 4 is 23.2 Å². The van der Waals surface area contributed by atoms with Crippen LogP contribution in [0.5, 0.6) is 0 Å². The molecule has 2 heterocycles. The molecule has 2 aliphatic heterocycles. The van der Waals surface area contributed by atoms with Crippen LogP contribution in [0.3, 0.4) is 0 Å². The minimum absolute atomic E-state index is 0.0221. The summed E-state index contributed by atoms with van der Waals surface area (Å²) in [6.07, 6.45) is 6.64. The Hall–Kier alpha value is -2.08. The van der Waals surface area contributed by atoms with E-state index in [0.29, 0.717) is 13.0 Å². The van der Waals surface area contributed by atoms with Gasteiger partial charge in [-0.15, -0.1) is 0 Å². The molecule has 1 saturated carbocycles. The van der Waals surface area contributed by atoms with Gasteiger partial charge in [0.25, 0.3) is 0 Å². The van der Waals surface area contributed by atoms with Gasteiger partial charge in [0, 0.05) is 37.6 Å². The van der Waals surface area contributed by atoms with Crippen LogP contribution in [0.2, 0.25) is 0 Å². The summed E-state index contributed by atoms with van der Waals surface area (Å²) in [5.41, 5.74) is 2.01. The zero-order valence-corrected chi connectivity index (χ0v) is 15.8. The maximum absolute atomic E-state index is 12.4. The van der Waals surface area contributed by atoms with Crippen LogP contribution in [0.1, 0.15) is 38.5 Å². The second-order valence-corrected chi connectivity index (χ2v) is 7.91. The number of piperidine rings is 1. The number of nitrogens with one attached hydrogen (secondary N) is 2. The van der Waals surface area contributed by atoms with E-state index in [0.717, 1.165) is 38.2 Å². The van der Waals surface area contributed by atoms with E-state index < -0.39 is 0 Å². The monoisotopic (exact) mass is 371 g/mol. The Bertz CT molecular complexity index is 664. The Labute approximate surface area is 160 Å².